The molecule has 7 heteroatoms. The Morgan fingerprint density at radius 3 is 2.41 bits per heavy atom. The lowest BCUT2D eigenvalue weighted by Gasteiger charge is -2.14. The summed E-state index contributed by atoms with van der Waals surface area (Å²) in [5.41, 5.74) is 1.20. The SMILES string of the molecule is CC(C)Oc1ccc(NC(=O)CCN2C(=O)c3ccc(Cl)cc3C2=O)cc1. The Morgan fingerprint density at radius 2 is 1.74 bits per heavy atom. The van der Waals surface area contributed by atoms with Gasteiger partial charge in [0.1, 0.15) is 5.75 Å². The van der Waals surface area contributed by atoms with Crippen LogP contribution in [0.3, 0.4) is 0 Å². The second-order valence-corrected chi connectivity index (χ2v) is 6.88. The molecule has 3 rings (SSSR count). The molecule has 1 heterocycles. The van der Waals surface area contributed by atoms with Crippen molar-refractivity contribution in [3.8, 4) is 5.75 Å². The molecule has 0 fully saturated rings. The minimum Gasteiger partial charge on any atom is -0.491 e. The molecule has 6 nitrogen and oxygen atoms in total. The van der Waals surface area contributed by atoms with Crippen molar-refractivity contribution in [2.75, 3.05) is 11.9 Å². The number of imide groups is 1. The smallest absolute Gasteiger partial charge is 0.261 e. The number of amides is 3. The monoisotopic (exact) mass is 386 g/mol. The highest BCUT2D eigenvalue weighted by Gasteiger charge is 2.35. The standard InChI is InChI=1S/C20H19ClN2O4/c1-12(2)27-15-6-4-14(5-7-15)22-18(24)9-10-23-19(25)16-8-3-13(21)11-17(16)20(23)26/h3-8,11-12H,9-10H2,1-2H3,(H,22,24). The van der Waals surface area contributed by atoms with Gasteiger partial charge in [-0.3, -0.25) is 19.3 Å². The molecule has 140 valence electrons. The molecule has 0 bridgehead atoms. The van der Waals surface area contributed by atoms with E-state index in [4.69, 9.17) is 16.3 Å². The number of hydrogen-bond donors (Lipinski definition) is 1. The molecule has 1 N–H and O–H groups in total. The van der Waals surface area contributed by atoms with Crippen LogP contribution in [0.1, 0.15) is 41.0 Å². The highest BCUT2D eigenvalue weighted by molar-refractivity contribution is 6.32. The van der Waals surface area contributed by atoms with Crippen molar-refractivity contribution in [3.05, 3.63) is 58.6 Å². The van der Waals surface area contributed by atoms with E-state index in [2.05, 4.69) is 5.32 Å². The topological polar surface area (TPSA) is 75.7 Å². The third-order valence-corrected chi connectivity index (χ3v) is 4.24. The lowest BCUT2D eigenvalue weighted by atomic mass is 10.1. The fraction of sp³-hybridized carbons (Fsp3) is 0.250. The minimum absolute atomic E-state index is 0.00342. The molecule has 2 aromatic carbocycles. The Morgan fingerprint density at radius 1 is 1.07 bits per heavy atom. The number of ether oxygens (including phenoxy) is 1. The summed E-state index contributed by atoms with van der Waals surface area (Å²) in [6.45, 7) is 3.87. The summed E-state index contributed by atoms with van der Waals surface area (Å²) in [5.74, 6) is -0.412. The van der Waals surface area contributed by atoms with Crippen LogP contribution in [0.4, 0.5) is 5.69 Å². The number of nitrogens with one attached hydrogen (secondary N) is 1. The molecule has 0 saturated heterocycles. The minimum atomic E-state index is -0.430. The molecule has 2 aromatic rings. The molecule has 0 spiro atoms. The Bertz CT molecular complexity index is 893. The summed E-state index contributed by atoms with van der Waals surface area (Å²) < 4.78 is 5.55. The fourth-order valence-corrected chi connectivity index (χ4v) is 2.96. The molecule has 0 saturated carbocycles. The number of rotatable bonds is 6. The second-order valence-electron chi connectivity index (χ2n) is 6.44. The summed E-state index contributed by atoms with van der Waals surface area (Å²) in [6.07, 6.45) is 0.0728. The number of carbonyl (C=O) groups excluding carboxylic acids is 3. The highest BCUT2D eigenvalue weighted by Crippen LogP contribution is 2.26. The van der Waals surface area contributed by atoms with E-state index in [1.807, 2.05) is 13.8 Å². The van der Waals surface area contributed by atoms with Gasteiger partial charge in [0.25, 0.3) is 11.8 Å². The maximum atomic E-state index is 12.4. The third kappa shape index (κ3) is 4.28. The lowest BCUT2D eigenvalue weighted by Crippen LogP contribution is -2.32. The Balaban J connectivity index is 1.57. The van der Waals surface area contributed by atoms with Crippen LogP contribution in [0.2, 0.25) is 5.02 Å². The van der Waals surface area contributed by atoms with Gasteiger partial charge in [-0.25, -0.2) is 0 Å². The summed E-state index contributed by atoms with van der Waals surface area (Å²) in [5, 5.41) is 3.13. The van der Waals surface area contributed by atoms with Crippen molar-refractivity contribution < 1.29 is 19.1 Å². The molecule has 1 aliphatic heterocycles. The number of anilines is 1. The van der Waals surface area contributed by atoms with Gasteiger partial charge in [-0.05, 0) is 56.3 Å². The maximum absolute atomic E-state index is 12.4. The van der Waals surface area contributed by atoms with Gasteiger partial charge in [-0.1, -0.05) is 11.6 Å². The van der Waals surface area contributed by atoms with Gasteiger partial charge < -0.3 is 10.1 Å². The average molecular weight is 387 g/mol. The lowest BCUT2D eigenvalue weighted by molar-refractivity contribution is -0.116. The van der Waals surface area contributed by atoms with E-state index in [9.17, 15) is 14.4 Å². The first-order chi connectivity index (χ1) is 12.8. The van der Waals surface area contributed by atoms with Crippen LogP contribution in [-0.4, -0.2) is 35.3 Å². The van der Waals surface area contributed by atoms with Gasteiger partial charge in [0, 0.05) is 23.7 Å². The van der Waals surface area contributed by atoms with Gasteiger partial charge in [0.2, 0.25) is 5.91 Å². The second kappa shape index (κ2) is 7.80. The Kier molecular flexibility index (Phi) is 5.46. The van der Waals surface area contributed by atoms with Crippen LogP contribution in [0.25, 0.3) is 0 Å². The van der Waals surface area contributed by atoms with E-state index in [0.29, 0.717) is 22.0 Å². The zero-order valence-corrected chi connectivity index (χ0v) is 15.7. The van der Waals surface area contributed by atoms with Gasteiger partial charge in [0.15, 0.2) is 0 Å². The Hall–Kier alpha value is -2.86. The number of fused-ring (bicyclic) bond motifs is 1. The van der Waals surface area contributed by atoms with E-state index in [0.717, 1.165) is 4.90 Å². The van der Waals surface area contributed by atoms with Crippen molar-refractivity contribution in [3.63, 3.8) is 0 Å². The van der Waals surface area contributed by atoms with Crippen LogP contribution >= 0.6 is 11.6 Å². The van der Waals surface area contributed by atoms with E-state index >= 15 is 0 Å². The average Bonchev–Trinajstić information content (AvgIpc) is 2.85. The molecular weight excluding hydrogens is 368 g/mol. The molecule has 1 aliphatic rings. The summed E-state index contributed by atoms with van der Waals surface area (Å²) in [4.78, 5) is 37.9. The zero-order chi connectivity index (χ0) is 19.6. The molecule has 0 unspecified atom stereocenters. The van der Waals surface area contributed by atoms with Crippen LogP contribution in [0, 0.1) is 0 Å². The van der Waals surface area contributed by atoms with Crippen molar-refractivity contribution in [1.82, 2.24) is 4.90 Å². The predicted molar refractivity (Wildman–Crippen MR) is 102 cm³/mol. The van der Waals surface area contributed by atoms with E-state index < -0.39 is 11.8 Å². The molecular formula is C20H19ClN2O4. The van der Waals surface area contributed by atoms with E-state index in [-0.39, 0.29) is 30.5 Å². The van der Waals surface area contributed by atoms with Gasteiger partial charge >= 0.3 is 0 Å². The fourth-order valence-electron chi connectivity index (χ4n) is 2.79. The number of nitrogens with zero attached hydrogens (tertiary/aromatic N) is 1. The van der Waals surface area contributed by atoms with Crippen molar-refractivity contribution in [2.24, 2.45) is 0 Å². The highest BCUT2D eigenvalue weighted by atomic mass is 35.5. The van der Waals surface area contributed by atoms with Crippen molar-refractivity contribution in [2.45, 2.75) is 26.4 Å². The summed E-state index contributed by atoms with van der Waals surface area (Å²) >= 11 is 5.89. The maximum Gasteiger partial charge on any atom is 0.261 e. The normalized spacial score (nSPS) is 13.1. The largest absolute Gasteiger partial charge is 0.491 e. The van der Waals surface area contributed by atoms with Crippen molar-refractivity contribution >= 4 is 35.0 Å². The summed E-state index contributed by atoms with van der Waals surface area (Å²) in [7, 11) is 0. The molecule has 0 radical (unpaired) electrons. The molecule has 0 aromatic heterocycles. The first-order valence-electron chi connectivity index (χ1n) is 8.57. The molecule has 0 atom stereocenters. The molecule has 3 amide bonds. The predicted octanol–water partition coefficient (Wildman–Crippen LogP) is 3.75. The van der Waals surface area contributed by atoms with E-state index in [1.54, 1.807) is 30.3 Å². The number of carbonyl (C=O) groups is 3. The van der Waals surface area contributed by atoms with Gasteiger partial charge in [-0.2, -0.15) is 0 Å². The van der Waals surface area contributed by atoms with E-state index in [1.165, 1.54) is 12.1 Å². The van der Waals surface area contributed by atoms with Gasteiger partial charge in [0.05, 0.1) is 17.2 Å². The van der Waals surface area contributed by atoms with Crippen molar-refractivity contribution in [1.29, 1.82) is 0 Å². The third-order valence-electron chi connectivity index (χ3n) is 4.01. The van der Waals surface area contributed by atoms with Crippen LogP contribution in [0.5, 0.6) is 5.75 Å². The quantitative estimate of drug-likeness (QED) is 0.767. The first kappa shape index (κ1) is 18.9. The Labute approximate surface area is 162 Å². The zero-order valence-electron chi connectivity index (χ0n) is 15.0. The molecule has 0 aliphatic carbocycles. The van der Waals surface area contributed by atoms with Crippen LogP contribution in [0.15, 0.2) is 42.5 Å². The number of benzene rings is 2. The van der Waals surface area contributed by atoms with Gasteiger partial charge in [-0.15, -0.1) is 0 Å². The summed E-state index contributed by atoms with van der Waals surface area (Å²) in [6, 6.07) is 11.6. The number of hydrogen-bond acceptors (Lipinski definition) is 4. The first-order valence-corrected chi connectivity index (χ1v) is 8.95. The van der Waals surface area contributed by atoms with Crippen LogP contribution < -0.4 is 10.1 Å². The molecule has 27 heavy (non-hydrogen) atoms. The number of halogens is 1. The van der Waals surface area contributed by atoms with Crippen LogP contribution in [-0.2, 0) is 4.79 Å².